The topological polar surface area (TPSA) is 78.3 Å². The second-order valence-electron chi connectivity index (χ2n) is 2.23. The van der Waals surface area contributed by atoms with Gasteiger partial charge in [-0.15, -0.1) is 0 Å². The molecule has 5 nitrogen and oxygen atoms in total. The van der Waals surface area contributed by atoms with E-state index in [2.05, 4.69) is 20.3 Å². The van der Waals surface area contributed by atoms with E-state index in [9.17, 15) is 0 Å². The first kappa shape index (κ1) is 9.99. The quantitative estimate of drug-likeness (QED) is 0.647. The van der Waals surface area contributed by atoms with Gasteiger partial charge in [0.25, 0.3) is 0 Å². The SMILES string of the molecule is Cc1cc(N)nc([N-]C=N[CH]=[W])n1. The fraction of sp³-hybridized carbons (Fsp3) is 0.143. The van der Waals surface area contributed by atoms with Crippen molar-refractivity contribution in [2.24, 2.45) is 4.99 Å². The maximum atomic E-state index is 5.50. The third-order valence-corrected chi connectivity index (χ3v) is 1.60. The van der Waals surface area contributed by atoms with Crippen molar-refractivity contribution in [3.8, 4) is 0 Å². The summed E-state index contributed by atoms with van der Waals surface area (Å²) in [4.78, 5) is 11.8. The zero-order valence-corrected chi connectivity index (χ0v) is 9.94. The predicted molar refractivity (Wildman–Crippen MR) is 48.8 cm³/mol. The molecular weight excluding hydrogens is 338 g/mol. The molecule has 1 heterocycles. The van der Waals surface area contributed by atoms with E-state index in [1.807, 2.05) is 6.92 Å². The van der Waals surface area contributed by atoms with Gasteiger partial charge >= 0.3 is 86.7 Å². The van der Waals surface area contributed by atoms with Crippen LogP contribution in [-0.2, 0) is 19.4 Å². The van der Waals surface area contributed by atoms with Crippen molar-refractivity contribution in [3.63, 3.8) is 0 Å². The van der Waals surface area contributed by atoms with Crippen molar-refractivity contribution >= 4 is 22.6 Å². The van der Waals surface area contributed by atoms with Crippen LogP contribution in [0.4, 0.5) is 11.8 Å². The average molecular weight is 346 g/mol. The first-order valence-corrected chi connectivity index (χ1v) is 5.19. The van der Waals surface area contributed by atoms with E-state index in [0.717, 1.165) is 5.69 Å². The van der Waals surface area contributed by atoms with Crippen molar-refractivity contribution in [2.45, 2.75) is 6.92 Å². The number of hydrogen-bond acceptors (Lipinski definition) is 4. The first-order valence-electron chi connectivity index (χ1n) is 3.49. The van der Waals surface area contributed by atoms with E-state index in [0.29, 0.717) is 11.8 Å². The molecule has 0 unspecified atom stereocenters. The zero-order chi connectivity index (χ0) is 9.68. The van der Waals surface area contributed by atoms with Crippen molar-refractivity contribution in [1.29, 1.82) is 0 Å². The van der Waals surface area contributed by atoms with Crippen LogP contribution >= 0.6 is 0 Å². The summed E-state index contributed by atoms with van der Waals surface area (Å²) in [6.07, 6.45) is 1.40. The molecule has 0 aromatic carbocycles. The summed E-state index contributed by atoms with van der Waals surface area (Å²) in [6, 6.07) is 1.69. The van der Waals surface area contributed by atoms with Gasteiger partial charge in [0.15, 0.2) is 0 Å². The Kier molecular flexibility index (Phi) is 3.70. The van der Waals surface area contributed by atoms with E-state index in [1.54, 1.807) is 10.6 Å². The Morgan fingerprint density at radius 1 is 1.62 bits per heavy atom. The summed E-state index contributed by atoms with van der Waals surface area (Å²) in [6.45, 7) is 1.84. The van der Waals surface area contributed by atoms with Crippen LogP contribution < -0.4 is 5.73 Å². The molecule has 0 radical (unpaired) electrons. The number of aliphatic imine (C=N–C) groups is 1. The molecule has 68 valence electrons. The number of aromatic nitrogens is 2. The molecule has 0 aliphatic rings. The molecule has 0 aliphatic heterocycles. The number of rotatable bonds is 3. The van der Waals surface area contributed by atoms with E-state index in [1.165, 1.54) is 25.7 Å². The van der Waals surface area contributed by atoms with Crippen molar-refractivity contribution in [2.75, 3.05) is 5.73 Å². The number of aryl methyl sites for hydroxylation is 1. The molecule has 1 aromatic heterocycles. The van der Waals surface area contributed by atoms with Crippen LogP contribution in [0.1, 0.15) is 5.69 Å². The van der Waals surface area contributed by atoms with Gasteiger partial charge in [0.2, 0.25) is 0 Å². The van der Waals surface area contributed by atoms with Crippen LogP contribution in [0.2, 0.25) is 0 Å². The summed E-state index contributed by atoms with van der Waals surface area (Å²) < 4.78 is 1.71. The second-order valence-corrected chi connectivity index (χ2v) is 2.99. The van der Waals surface area contributed by atoms with Gasteiger partial charge in [-0.2, -0.15) is 0 Å². The predicted octanol–water partition coefficient (Wildman–Crippen LogP) is 0.707. The summed E-state index contributed by atoms with van der Waals surface area (Å²) in [5.41, 5.74) is 6.30. The molecule has 0 bridgehead atoms. The van der Waals surface area contributed by atoms with Crippen LogP contribution in [0.25, 0.3) is 5.32 Å². The molecule has 1 rings (SSSR count). The minimum absolute atomic E-state index is 0.345. The molecule has 0 fully saturated rings. The number of nitrogens with two attached hydrogens (primary N) is 1. The molecule has 0 spiro atoms. The normalized spacial score (nSPS) is 10.2. The fourth-order valence-electron chi connectivity index (χ4n) is 0.747. The van der Waals surface area contributed by atoms with Crippen LogP contribution in [0.3, 0.4) is 0 Å². The first-order chi connectivity index (χ1) is 6.22. The molecule has 13 heavy (non-hydrogen) atoms. The van der Waals surface area contributed by atoms with Crippen molar-refractivity contribution in [3.05, 3.63) is 17.1 Å². The molecule has 0 amide bonds. The van der Waals surface area contributed by atoms with E-state index in [4.69, 9.17) is 5.73 Å². The Hall–Kier alpha value is -1.09. The monoisotopic (exact) mass is 346 g/mol. The summed E-state index contributed by atoms with van der Waals surface area (Å²) >= 11 is 1.27. The summed E-state index contributed by atoms with van der Waals surface area (Å²) in [5.74, 6) is 0.767. The molecule has 6 heteroatoms. The third-order valence-electron chi connectivity index (χ3n) is 1.16. The Morgan fingerprint density at radius 2 is 2.38 bits per heavy atom. The Morgan fingerprint density at radius 3 is 3.00 bits per heavy atom. The molecule has 0 aliphatic carbocycles. The molecule has 0 saturated carbocycles. The van der Waals surface area contributed by atoms with Crippen molar-refractivity contribution < 1.29 is 19.4 Å². The van der Waals surface area contributed by atoms with E-state index in [-0.39, 0.29) is 0 Å². The minimum atomic E-state index is 0.345. The molecule has 0 atom stereocenters. The van der Waals surface area contributed by atoms with Crippen LogP contribution in [0.5, 0.6) is 0 Å². The Labute approximate surface area is 86.9 Å². The summed E-state index contributed by atoms with van der Waals surface area (Å²) in [5, 5.41) is 3.91. The van der Waals surface area contributed by atoms with Gasteiger partial charge in [-0.3, -0.25) is 0 Å². The van der Waals surface area contributed by atoms with Gasteiger partial charge in [0, 0.05) is 0 Å². The zero-order valence-electron chi connectivity index (χ0n) is 7.01. The maximum absolute atomic E-state index is 5.50. The molecule has 2 N–H and O–H groups in total. The standard InChI is InChI=1S/C7H8N5.W/c1-5-3-6(8)12-7(11-5)10-4-9-2;/h2-4H,1H3,(H2-,8,10,11,12);/q-1;. The van der Waals surface area contributed by atoms with Gasteiger partial charge in [-0.25, -0.2) is 0 Å². The Bertz CT molecular complexity index is 315. The van der Waals surface area contributed by atoms with Crippen LogP contribution in [-0.4, -0.2) is 20.8 Å². The van der Waals surface area contributed by atoms with E-state index < -0.39 is 0 Å². The molecule has 0 saturated heterocycles. The van der Waals surface area contributed by atoms with Gasteiger partial charge in [-0.1, -0.05) is 0 Å². The van der Waals surface area contributed by atoms with Gasteiger partial charge < -0.3 is 0 Å². The number of hydrogen-bond donors (Lipinski definition) is 1. The van der Waals surface area contributed by atoms with Crippen molar-refractivity contribution in [1.82, 2.24) is 9.97 Å². The third kappa shape index (κ3) is 3.42. The fourth-order valence-corrected chi connectivity index (χ4v) is 0.942. The second kappa shape index (κ2) is 4.82. The van der Waals surface area contributed by atoms with Gasteiger partial charge in [0.05, 0.1) is 0 Å². The number of nitrogen functional groups attached to an aromatic ring is 1. The Balaban J connectivity index is 2.77. The van der Waals surface area contributed by atoms with Gasteiger partial charge in [0.1, 0.15) is 0 Å². The van der Waals surface area contributed by atoms with Crippen LogP contribution in [0.15, 0.2) is 11.1 Å². The number of nitrogens with zero attached hydrogens (tertiary/aromatic N) is 4. The molecule has 1 aromatic rings. The average Bonchev–Trinajstić information content (AvgIpc) is 2.03. The van der Waals surface area contributed by atoms with E-state index >= 15 is 0 Å². The summed E-state index contributed by atoms with van der Waals surface area (Å²) in [7, 11) is 0. The molecular formula is C7H8N5W-. The number of anilines is 1. The van der Waals surface area contributed by atoms with Gasteiger partial charge in [-0.05, 0) is 0 Å². The van der Waals surface area contributed by atoms with Crippen LogP contribution in [0, 0.1) is 6.92 Å².